The van der Waals surface area contributed by atoms with E-state index in [0.717, 1.165) is 0 Å². The van der Waals surface area contributed by atoms with Gasteiger partial charge in [-0.25, -0.2) is 4.39 Å². The summed E-state index contributed by atoms with van der Waals surface area (Å²) in [5, 5.41) is 12.5. The number of nitrogens with one attached hydrogen (secondary N) is 1. The van der Waals surface area contributed by atoms with Gasteiger partial charge in [-0.15, -0.1) is 0 Å². The summed E-state index contributed by atoms with van der Waals surface area (Å²) in [6, 6.07) is 13.6. The van der Waals surface area contributed by atoms with Gasteiger partial charge in [0.05, 0.1) is 17.1 Å². The highest BCUT2D eigenvalue weighted by atomic mass is 19.1. The van der Waals surface area contributed by atoms with E-state index in [4.69, 9.17) is 11.0 Å². The first-order valence-electron chi connectivity index (χ1n) is 6.29. The largest absolute Gasteiger partial charge is 0.398 e. The second kappa shape index (κ2) is 5.10. The number of nitrogens with two attached hydrogens (primary N) is 1. The Labute approximate surface area is 120 Å². The fraction of sp³-hybridized carbons (Fsp3) is 0. The van der Waals surface area contributed by atoms with E-state index in [9.17, 15) is 4.39 Å². The average Bonchev–Trinajstić information content (AvgIpc) is 2.52. The predicted octanol–water partition coefficient (Wildman–Crippen LogP) is 3.57. The topological polar surface area (TPSA) is 74.7 Å². The predicted molar refractivity (Wildman–Crippen MR) is 80.6 cm³/mol. The number of benzene rings is 2. The second-order valence-corrected chi connectivity index (χ2v) is 4.54. The van der Waals surface area contributed by atoms with Gasteiger partial charge in [0.1, 0.15) is 5.69 Å². The highest BCUT2D eigenvalue weighted by molar-refractivity contribution is 5.99. The molecular formula is C16H11FN4. The molecule has 0 atom stereocenters. The van der Waals surface area contributed by atoms with Gasteiger partial charge in [0.25, 0.3) is 0 Å². The van der Waals surface area contributed by atoms with Crippen LogP contribution in [0.3, 0.4) is 0 Å². The summed E-state index contributed by atoms with van der Waals surface area (Å²) < 4.78 is 14.2. The fourth-order valence-corrected chi connectivity index (χ4v) is 2.13. The third-order valence-electron chi connectivity index (χ3n) is 3.16. The van der Waals surface area contributed by atoms with Crippen LogP contribution in [0.15, 0.2) is 48.7 Å². The van der Waals surface area contributed by atoms with E-state index in [1.165, 1.54) is 6.07 Å². The zero-order valence-electron chi connectivity index (χ0n) is 11.0. The summed E-state index contributed by atoms with van der Waals surface area (Å²) in [5.74, 6) is -0.469. The first kappa shape index (κ1) is 12.9. The molecule has 2 aromatic carbocycles. The van der Waals surface area contributed by atoms with E-state index in [1.54, 1.807) is 42.6 Å². The molecule has 0 aliphatic rings. The lowest BCUT2D eigenvalue weighted by Crippen LogP contribution is -1.99. The summed E-state index contributed by atoms with van der Waals surface area (Å²) in [5.41, 5.74) is 8.12. The first-order valence-corrected chi connectivity index (χ1v) is 6.29. The molecule has 0 aliphatic heterocycles. The molecule has 0 spiro atoms. The summed E-state index contributed by atoms with van der Waals surface area (Å²) >= 11 is 0. The van der Waals surface area contributed by atoms with Crippen molar-refractivity contribution in [1.82, 2.24) is 4.98 Å². The van der Waals surface area contributed by atoms with Gasteiger partial charge in [-0.2, -0.15) is 5.26 Å². The summed E-state index contributed by atoms with van der Waals surface area (Å²) in [4.78, 5) is 4.20. The number of aromatic nitrogens is 1. The van der Waals surface area contributed by atoms with Gasteiger partial charge in [-0.3, -0.25) is 4.98 Å². The number of rotatable bonds is 2. The standard InChI is InChI=1S/C16H11FN4/c17-13-8-14(19)12-2-1-7-20-15(12)16(13)21-11-5-3-10(9-18)4-6-11/h1-8,21H,19H2. The number of nitriles is 1. The molecule has 0 unspecified atom stereocenters. The number of hydrogen-bond acceptors (Lipinski definition) is 4. The number of nitrogens with zero attached hydrogens (tertiary/aromatic N) is 2. The number of pyridine rings is 1. The van der Waals surface area contributed by atoms with Crippen molar-refractivity contribution >= 4 is 28.0 Å². The molecule has 3 aromatic rings. The number of nitrogen functional groups attached to an aromatic ring is 1. The van der Waals surface area contributed by atoms with Crippen molar-refractivity contribution in [3.05, 3.63) is 60.0 Å². The summed E-state index contributed by atoms with van der Waals surface area (Å²) in [6.07, 6.45) is 1.59. The lowest BCUT2D eigenvalue weighted by molar-refractivity contribution is 0.634. The molecule has 21 heavy (non-hydrogen) atoms. The fourth-order valence-electron chi connectivity index (χ4n) is 2.13. The Morgan fingerprint density at radius 1 is 1.19 bits per heavy atom. The van der Waals surface area contributed by atoms with Crippen LogP contribution in [-0.4, -0.2) is 4.98 Å². The molecule has 0 saturated heterocycles. The van der Waals surface area contributed by atoms with Crippen LogP contribution in [0.1, 0.15) is 5.56 Å². The lowest BCUT2D eigenvalue weighted by atomic mass is 10.1. The van der Waals surface area contributed by atoms with Crippen molar-refractivity contribution in [2.75, 3.05) is 11.1 Å². The highest BCUT2D eigenvalue weighted by Crippen LogP contribution is 2.31. The Balaban J connectivity index is 2.09. The van der Waals surface area contributed by atoms with Crippen molar-refractivity contribution in [1.29, 1.82) is 5.26 Å². The molecule has 5 heteroatoms. The molecule has 0 radical (unpaired) electrons. The molecule has 3 N–H and O–H groups in total. The van der Waals surface area contributed by atoms with Crippen LogP contribution >= 0.6 is 0 Å². The molecule has 0 aliphatic carbocycles. The Hall–Kier alpha value is -3.13. The van der Waals surface area contributed by atoms with Crippen LogP contribution in [0.2, 0.25) is 0 Å². The zero-order chi connectivity index (χ0) is 14.8. The van der Waals surface area contributed by atoms with Gasteiger partial charge < -0.3 is 11.1 Å². The third kappa shape index (κ3) is 2.35. The van der Waals surface area contributed by atoms with E-state index in [0.29, 0.717) is 27.8 Å². The molecule has 1 aromatic heterocycles. The molecule has 1 heterocycles. The molecule has 4 nitrogen and oxygen atoms in total. The second-order valence-electron chi connectivity index (χ2n) is 4.54. The third-order valence-corrected chi connectivity index (χ3v) is 3.16. The van der Waals surface area contributed by atoms with Crippen LogP contribution in [-0.2, 0) is 0 Å². The number of fused-ring (bicyclic) bond motifs is 1. The van der Waals surface area contributed by atoms with Crippen molar-refractivity contribution in [2.45, 2.75) is 0 Å². The van der Waals surface area contributed by atoms with E-state index < -0.39 is 5.82 Å². The van der Waals surface area contributed by atoms with Crippen molar-refractivity contribution in [2.24, 2.45) is 0 Å². The van der Waals surface area contributed by atoms with Gasteiger partial charge >= 0.3 is 0 Å². The normalized spacial score (nSPS) is 10.3. The van der Waals surface area contributed by atoms with Gasteiger partial charge in [-0.05, 0) is 42.5 Å². The van der Waals surface area contributed by atoms with Crippen molar-refractivity contribution in [3.63, 3.8) is 0 Å². The maximum Gasteiger partial charge on any atom is 0.150 e. The van der Waals surface area contributed by atoms with Gasteiger partial charge in [0, 0.05) is 23.0 Å². The van der Waals surface area contributed by atoms with Crippen molar-refractivity contribution in [3.8, 4) is 6.07 Å². The molecular weight excluding hydrogens is 267 g/mol. The van der Waals surface area contributed by atoms with E-state index in [1.807, 2.05) is 6.07 Å². The molecule has 102 valence electrons. The SMILES string of the molecule is N#Cc1ccc(Nc2c(F)cc(N)c3cccnc23)cc1. The highest BCUT2D eigenvalue weighted by Gasteiger charge is 2.12. The first-order chi connectivity index (χ1) is 10.2. The summed E-state index contributed by atoms with van der Waals surface area (Å²) in [7, 11) is 0. The lowest BCUT2D eigenvalue weighted by Gasteiger charge is -2.12. The Kier molecular flexibility index (Phi) is 3.13. The minimum atomic E-state index is -0.469. The monoisotopic (exact) mass is 278 g/mol. The van der Waals surface area contributed by atoms with E-state index in [-0.39, 0.29) is 5.69 Å². The Bertz CT molecular complexity index is 851. The molecule has 0 saturated carbocycles. The Morgan fingerprint density at radius 2 is 1.95 bits per heavy atom. The average molecular weight is 278 g/mol. The van der Waals surface area contributed by atoms with Gasteiger partial charge in [-0.1, -0.05) is 0 Å². The molecule has 0 amide bonds. The van der Waals surface area contributed by atoms with Crippen LogP contribution in [0, 0.1) is 17.1 Å². The summed E-state index contributed by atoms with van der Waals surface area (Å²) in [6.45, 7) is 0. The van der Waals surface area contributed by atoms with Crippen LogP contribution < -0.4 is 11.1 Å². The van der Waals surface area contributed by atoms with E-state index >= 15 is 0 Å². The Morgan fingerprint density at radius 3 is 2.67 bits per heavy atom. The number of hydrogen-bond donors (Lipinski definition) is 2. The van der Waals surface area contributed by atoms with Crippen molar-refractivity contribution < 1.29 is 4.39 Å². The number of anilines is 3. The van der Waals surface area contributed by atoms with Crippen LogP contribution in [0.5, 0.6) is 0 Å². The van der Waals surface area contributed by atoms with Gasteiger partial charge in [0.2, 0.25) is 0 Å². The quantitative estimate of drug-likeness (QED) is 0.703. The smallest absolute Gasteiger partial charge is 0.150 e. The maximum absolute atomic E-state index is 14.2. The zero-order valence-corrected chi connectivity index (χ0v) is 11.0. The number of halogens is 1. The van der Waals surface area contributed by atoms with Crippen LogP contribution in [0.25, 0.3) is 10.9 Å². The molecule has 3 rings (SSSR count). The van der Waals surface area contributed by atoms with Crippen LogP contribution in [0.4, 0.5) is 21.5 Å². The molecule has 0 bridgehead atoms. The molecule has 0 fully saturated rings. The van der Waals surface area contributed by atoms with E-state index in [2.05, 4.69) is 10.3 Å². The minimum Gasteiger partial charge on any atom is -0.398 e. The minimum absolute atomic E-state index is 0.268. The maximum atomic E-state index is 14.2. The van der Waals surface area contributed by atoms with Gasteiger partial charge in [0.15, 0.2) is 5.82 Å².